The molecule has 1 aliphatic heterocycles. The molecule has 1 saturated heterocycles. The Balaban J connectivity index is 2.04. The highest BCUT2D eigenvalue weighted by molar-refractivity contribution is 9.10. The van der Waals surface area contributed by atoms with E-state index in [0.717, 1.165) is 12.0 Å². The summed E-state index contributed by atoms with van der Waals surface area (Å²) in [4.78, 5) is 26.1. The molecule has 2 amide bonds. The first-order chi connectivity index (χ1) is 13.2. The number of hydrogen-bond donors (Lipinski definition) is 5. The van der Waals surface area contributed by atoms with Crippen LogP contribution in [0.25, 0.3) is 0 Å². The summed E-state index contributed by atoms with van der Waals surface area (Å²) in [6.07, 6.45) is 2.12. The van der Waals surface area contributed by atoms with Gasteiger partial charge in [0.1, 0.15) is 5.75 Å². The molecule has 156 valence electrons. The van der Waals surface area contributed by atoms with Crippen molar-refractivity contribution in [1.29, 1.82) is 0 Å². The summed E-state index contributed by atoms with van der Waals surface area (Å²) in [5, 5.41) is 20.6. The Morgan fingerprint density at radius 1 is 1.36 bits per heavy atom. The number of benzene rings is 1. The number of nitrogens with two attached hydrogens (primary N) is 3. The minimum absolute atomic E-state index is 0.116. The molecule has 1 heterocycles. The molecule has 0 radical (unpaired) electrons. The first-order valence-electron chi connectivity index (χ1n) is 9.23. The highest BCUT2D eigenvalue weighted by Crippen LogP contribution is 2.28. The van der Waals surface area contributed by atoms with E-state index in [2.05, 4.69) is 15.9 Å². The smallest absolute Gasteiger partial charge is 0.263 e. The van der Waals surface area contributed by atoms with Crippen molar-refractivity contribution < 1.29 is 19.9 Å². The third kappa shape index (κ3) is 5.65. The highest BCUT2D eigenvalue weighted by Gasteiger charge is 2.40. The van der Waals surface area contributed by atoms with Crippen molar-refractivity contribution in [2.45, 2.75) is 50.4 Å². The Hall–Kier alpha value is -1.72. The lowest BCUT2D eigenvalue weighted by molar-refractivity contribution is -0.176. The molecular formula is C18H28BrN5O4. The fourth-order valence-electron chi connectivity index (χ4n) is 3.39. The summed E-state index contributed by atoms with van der Waals surface area (Å²) in [6, 6.07) is 3.02. The maximum absolute atomic E-state index is 12.4. The van der Waals surface area contributed by atoms with Crippen molar-refractivity contribution in [2.24, 2.45) is 17.2 Å². The van der Waals surface area contributed by atoms with Crippen molar-refractivity contribution >= 4 is 27.7 Å². The van der Waals surface area contributed by atoms with E-state index in [4.69, 9.17) is 17.2 Å². The van der Waals surface area contributed by atoms with Gasteiger partial charge >= 0.3 is 0 Å². The first kappa shape index (κ1) is 22.6. The summed E-state index contributed by atoms with van der Waals surface area (Å²) < 4.78 is 0.541. The van der Waals surface area contributed by atoms with E-state index in [-0.39, 0.29) is 18.7 Å². The van der Waals surface area contributed by atoms with Crippen LogP contribution in [0.15, 0.2) is 22.7 Å². The van der Waals surface area contributed by atoms with Crippen LogP contribution >= 0.6 is 15.9 Å². The molecule has 3 atom stereocenters. The number of carbonyl (C=O) groups is 2. The number of aromatic hydroxyl groups is 1. The molecule has 0 bridgehead atoms. The molecule has 8 N–H and O–H groups in total. The fourth-order valence-corrected chi connectivity index (χ4v) is 3.82. The molecule has 1 aromatic carbocycles. The lowest BCUT2D eigenvalue weighted by Crippen LogP contribution is -2.47. The third-order valence-corrected chi connectivity index (χ3v) is 5.60. The molecule has 1 aromatic rings. The van der Waals surface area contributed by atoms with Crippen molar-refractivity contribution in [2.75, 3.05) is 13.1 Å². The third-order valence-electron chi connectivity index (χ3n) is 4.97. The zero-order valence-electron chi connectivity index (χ0n) is 15.6. The summed E-state index contributed by atoms with van der Waals surface area (Å²) in [7, 11) is 0. The number of hydroxylamine groups is 2. The van der Waals surface area contributed by atoms with Crippen LogP contribution in [0, 0.1) is 0 Å². The quantitative estimate of drug-likeness (QED) is 0.202. The van der Waals surface area contributed by atoms with Gasteiger partial charge in [0.15, 0.2) is 0 Å². The Labute approximate surface area is 172 Å². The van der Waals surface area contributed by atoms with Gasteiger partial charge < -0.3 is 22.3 Å². The molecule has 0 aromatic heterocycles. The van der Waals surface area contributed by atoms with Gasteiger partial charge in [-0.1, -0.05) is 12.5 Å². The Morgan fingerprint density at radius 3 is 2.68 bits per heavy atom. The van der Waals surface area contributed by atoms with Gasteiger partial charge in [-0.05, 0) is 59.4 Å². The maximum Gasteiger partial charge on any atom is 0.263 e. The number of rotatable bonds is 9. The number of primary amides is 1. The number of halogens is 1. The number of phenolic OH excluding ortho intramolecular Hbond substituents is 1. The van der Waals surface area contributed by atoms with Crippen LogP contribution in [0.5, 0.6) is 5.75 Å². The van der Waals surface area contributed by atoms with E-state index >= 15 is 0 Å². The van der Waals surface area contributed by atoms with Gasteiger partial charge in [0, 0.05) is 13.1 Å². The number of carbonyl (C=O) groups excluding carboxylic acids is 2. The Bertz CT molecular complexity index is 705. The second-order valence-electron chi connectivity index (χ2n) is 7.10. The van der Waals surface area contributed by atoms with Gasteiger partial charge in [0.2, 0.25) is 5.91 Å². The maximum atomic E-state index is 12.4. The van der Waals surface area contributed by atoms with Crippen molar-refractivity contribution in [3.63, 3.8) is 0 Å². The monoisotopic (exact) mass is 457 g/mol. The van der Waals surface area contributed by atoms with Gasteiger partial charge in [-0.25, -0.2) is 5.06 Å². The fraction of sp³-hybridized carbons (Fsp3) is 0.556. The molecule has 0 unspecified atom stereocenters. The molecular weight excluding hydrogens is 430 g/mol. The molecule has 1 aliphatic rings. The molecule has 0 aliphatic carbocycles. The molecule has 2 rings (SSSR count). The molecule has 1 fully saturated rings. The zero-order valence-corrected chi connectivity index (χ0v) is 17.2. The summed E-state index contributed by atoms with van der Waals surface area (Å²) in [5.41, 5.74) is 17.7. The van der Waals surface area contributed by atoms with E-state index in [0.29, 0.717) is 35.5 Å². The lowest BCUT2D eigenvalue weighted by atomic mass is 10.1. The van der Waals surface area contributed by atoms with E-state index in [1.54, 1.807) is 18.2 Å². The normalized spacial score (nSPS) is 20.9. The standard InChI is InChI=1S/C18H28BrN5O4/c19-13-7-11(4-5-16(13)25)9-23-10-12(8-15(23)17(22)26)24(28)18(27)14(21)3-1-2-6-20/h4-5,7,12,14-15,25,28H,1-3,6,8-10,20-21H2,(H2,22,26)/t12-,14+,15+/m1/s1. The number of likely N-dealkylation sites (tertiary alicyclic amines) is 1. The number of amides is 2. The molecule has 10 heteroatoms. The Kier molecular flexibility index (Phi) is 8.20. The van der Waals surface area contributed by atoms with Gasteiger partial charge in [0.25, 0.3) is 5.91 Å². The van der Waals surface area contributed by atoms with Crippen LogP contribution in [0.2, 0.25) is 0 Å². The largest absolute Gasteiger partial charge is 0.507 e. The van der Waals surface area contributed by atoms with Crippen LogP contribution in [-0.2, 0) is 16.1 Å². The second kappa shape index (κ2) is 10.2. The number of nitrogens with zero attached hydrogens (tertiary/aromatic N) is 2. The van der Waals surface area contributed by atoms with Crippen LogP contribution < -0.4 is 17.2 Å². The lowest BCUT2D eigenvalue weighted by Gasteiger charge is -2.25. The molecule has 28 heavy (non-hydrogen) atoms. The van der Waals surface area contributed by atoms with Crippen LogP contribution in [0.1, 0.15) is 31.2 Å². The summed E-state index contributed by atoms with van der Waals surface area (Å²) in [5.74, 6) is -0.974. The average Bonchev–Trinajstić information content (AvgIpc) is 3.07. The van der Waals surface area contributed by atoms with Gasteiger partial charge in [-0.2, -0.15) is 0 Å². The molecule has 0 spiro atoms. The second-order valence-corrected chi connectivity index (χ2v) is 7.95. The SMILES string of the molecule is NCCCC[C@H](N)C(=O)N(O)[C@@H]1C[C@@H](C(N)=O)N(Cc2ccc(O)c(Br)c2)C1. The molecule has 9 nitrogen and oxygen atoms in total. The number of hydrogen-bond acceptors (Lipinski definition) is 7. The van der Waals surface area contributed by atoms with Crippen molar-refractivity contribution in [1.82, 2.24) is 9.96 Å². The van der Waals surface area contributed by atoms with Crippen molar-refractivity contribution in [3.05, 3.63) is 28.2 Å². The van der Waals surface area contributed by atoms with Gasteiger partial charge in [0.05, 0.1) is 22.6 Å². The highest BCUT2D eigenvalue weighted by atomic mass is 79.9. The van der Waals surface area contributed by atoms with Crippen molar-refractivity contribution in [3.8, 4) is 5.75 Å². The van der Waals surface area contributed by atoms with Crippen LogP contribution in [-0.4, -0.2) is 63.3 Å². The zero-order chi connectivity index (χ0) is 20.8. The van der Waals surface area contributed by atoms with E-state index in [9.17, 15) is 19.9 Å². The Morgan fingerprint density at radius 2 is 2.07 bits per heavy atom. The van der Waals surface area contributed by atoms with Crippen LogP contribution in [0.4, 0.5) is 0 Å². The van der Waals surface area contributed by atoms with E-state index in [1.807, 2.05) is 4.90 Å². The van der Waals surface area contributed by atoms with Gasteiger partial charge in [-0.15, -0.1) is 0 Å². The summed E-state index contributed by atoms with van der Waals surface area (Å²) >= 11 is 3.26. The minimum atomic E-state index is -0.814. The van der Waals surface area contributed by atoms with E-state index < -0.39 is 29.9 Å². The topological polar surface area (TPSA) is 159 Å². The molecule has 0 saturated carbocycles. The summed E-state index contributed by atoms with van der Waals surface area (Å²) in [6.45, 7) is 1.19. The number of phenols is 1. The van der Waals surface area contributed by atoms with E-state index in [1.165, 1.54) is 0 Å². The average molecular weight is 458 g/mol. The predicted molar refractivity (Wildman–Crippen MR) is 107 cm³/mol. The number of unbranched alkanes of at least 4 members (excludes halogenated alkanes) is 1. The predicted octanol–water partition coefficient (Wildman–Crippen LogP) is 0.257. The van der Waals surface area contributed by atoms with Gasteiger partial charge in [-0.3, -0.25) is 19.7 Å². The van der Waals surface area contributed by atoms with Crippen LogP contribution in [0.3, 0.4) is 0 Å². The first-order valence-corrected chi connectivity index (χ1v) is 10.0. The minimum Gasteiger partial charge on any atom is -0.507 e.